The smallest absolute Gasteiger partial charge is 0.326 e. The number of thioether (sulfide) groups is 1. The van der Waals surface area contributed by atoms with Crippen molar-refractivity contribution in [2.24, 2.45) is 0 Å². The number of hydrogen-bond donors (Lipinski definition) is 3. The first kappa shape index (κ1) is 14.1. The molecule has 17 heavy (non-hydrogen) atoms. The van der Waals surface area contributed by atoms with Gasteiger partial charge in [-0.1, -0.05) is 0 Å². The number of amides is 2. The van der Waals surface area contributed by atoms with Gasteiger partial charge in [0.2, 0.25) is 0 Å². The number of urea groups is 1. The molecule has 0 bridgehead atoms. The Balaban J connectivity index is 2.43. The zero-order valence-electron chi connectivity index (χ0n) is 9.76. The van der Waals surface area contributed by atoms with E-state index in [0.29, 0.717) is 25.1 Å². The van der Waals surface area contributed by atoms with E-state index < -0.39 is 24.1 Å². The Morgan fingerprint density at radius 3 is 2.76 bits per heavy atom. The zero-order valence-corrected chi connectivity index (χ0v) is 10.6. The highest BCUT2D eigenvalue weighted by Crippen LogP contribution is 2.09. The van der Waals surface area contributed by atoms with E-state index in [1.807, 2.05) is 6.26 Å². The molecule has 1 aliphatic rings. The molecule has 0 aliphatic carbocycles. The summed E-state index contributed by atoms with van der Waals surface area (Å²) in [4.78, 5) is 24.1. The molecule has 1 fully saturated rings. The topological polar surface area (TPSA) is 89.9 Å². The number of β-amino-alcohol motifs (C(OH)–C–C–N with tert-alkyl or cyclic N) is 1. The van der Waals surface area contributed by atoms with Crippen molar-refractivity contribution in [2.45, 2.75) is 25.0 Å². The highest BCUT2D eigenvalue weighted by Gasteiger charge is 2.27. The molecule has 1 unspecified atom stereocenters. The van der Waals surface area contributed by atoms with Crippen molar-refractivity contribution in [3.63, 3.8) is 0 Å². The summed E-state index contributed by atoms with van der Waals surface area (Å²) in [6.45, 7) is 0.753. The van der Waals surface area contributed by atoms with E-state index in [2.05, 4.69) is 5.32 Å². The minimum absolute atomic E-state index is 0.278. The number of hydrogen-bond acceptors (Lipinski definition) is 4. The summed E-state index contributed by atoms with van der Waals surface area (Å²) in [6.07, 6.45) is 2.35. The Hall–Kier alpha value is -0.950. The maximum atomic E-state index is 11.7. The van der Waals surface area contributed by atoms with Gasteiger partial charge in [0.15, 0.2) is 0 Å². The lowest BCUT2D eigenvalue weighted by Gasteiger charge is -2.20. The summed E-state index contributed by atoms with van der Waals surface area (Å²) in [7, 11) is 0. The van der Waals surface area contributed by atoms with E-state index in [9.17, 15) is 14.7 Å². The molecule has 1 aliphatic heterocycles. The van der Waals surface area contributed by atoms with Gasteiger partial charge in [-0.2, -0.15) is 11.8 Å². The van der Waals surface area contributed by atoms with Crippen LogP contribution >= 0.6 is 11.8 Å². The molecule has 1 saturated heterocycles. The van der Waals surface area contributed by atoms with Crippen LogP contribution in [0.15, 0.2) is 0 Å². The molecule has 6 nitrogen and oxygen atoms in total. The monoisotopic (exact) mass is 262 g/mol. The van der Waals surface area contributed by atoms with Crippen molar-refractivity contribution in [1.29, 1.82) is 0 Å². The normalized spacial score (nSPS) is 21.3. The lowest BCUT2D eigenvalue weighted by atomic mass is 10.2. The number of aliphatic carboxylic acids is 1. The minimum Gasteiger partial charge on any atom is -0.480 e. The molecule has 3 N–H and O–H groups in total. The van der Waals surface area contributed by atoms with Gasteiger partial charge in [0.25, 0.3) is 0 Å². The molecular weight excluding hydrogens is 244 g/mol. The molecular formula is C10H18N2O4S. The highest BCUT2D eigenvalue weighted by atomic mass is 32.2. The van der Waals surface area contributed by atoms with Crippen molar-refractivity contribution in [3.05, 3.63) is 0 Å². The number of aliphatic hydroxyl groups is 1. The number of likely N-dealkylation sites (tertiary alicyclic amines) is 1. The molecule has 1 rings (SSSR count). The van der Waals surface area contributed by atoms with E-state index in [0.717, 1.165) is 0 Å². The molecule has 0 aromatic carbocycles. The third-order valence-electron chi connectivity index (χ3n) is 2.66. The Labute approximate surface area is 104 Å². The van der Waals surface area contributed by atoms with Crippen molar-refractivity contribution in [3.8, 4) is 0 Å². The first-order valence-electron chi connectivity index (χ1n) is 5.50. The lowest BCUT2D eigenvalue weighted by molar-refractivity contribution is -0.139. The van der Waals surface area contributed by atoms with Crippen LogP contribution in [0.25, 0.3) is 0 Å². The van der Waals surface area contributed by atoms with Crippen LogP contribution in [0, 0.1) is 0 Å². The van der Waals surface area contributed by atoms with Crippen molar-refractivity contribution in [1.82, 2.24) is 10.2 Å². The van der Waals surface area contributed by atoms with Gasteiger partial charge in [0.1, 0.15) is 6.04 Å². The minimum atomic E-state index is -1.02. The number of carboxylic acids is 1. The van der Waals surface area contributed by atoms with Crippen LogP contribution in [0.2, 0.25) is 0 Å². The molecule has 0 spiro atoms. The van der Waals surface area contributed by atoms with Gasteiger partial charge in [-0.05, 0) is 24.9 Å². The molecule has 1 heterocycles. The molecule has 0 aromatic rings. The Bertz CT molecular complexity index is 287. The van der Waals surface area contributed by atoms with Gasteiger partial charge >= 0.3 is 12.0 Å². The number of rotatable bonds is 5. The average Bonchev–Trinajstić information content (AvgIpc) is 2.70. The predicted octanol–water partition coefficient (Wildman–Crippen LogP) is -0.0311. The molecule has 98 valence electrons. The summed E-state index contributed by atoms with van der Waals surface area (Å²) < 4.78 is 0. The second kappa shape index (κ2) is 6.70. The van der Waals surface area contributed by atoms with Crippen molar-refractivity contribution < 1.29 is 19.8 Å². The van der Waals surface area contributed by atoms with Gasteiger partial charge in [-0.15, -0.1) is 0 Å². The Kier molecular flexibility index (Phi) is 5.57. The number of nitrogens with one attached hydrogen (secondary N) is 1. The molecule has 2 atom stereocenters. The number of aliphatic hydroxyl groups excluding tert-OH is 1. The Morgan fingerprint density at radius 2 is 2.29 bits per heavy atom. The fourth-order valence-electron chi connectivity index (χ4n) is 1.66. The van der Waals surface area contributed by atoms with Crippen LogP contribution in [0.3, 0.4) is 0 Å². The maximum Gasteiger partial charge on any atom is 0.326 e. The summed E-state index contributed by atoms with van der Waals surface area (Å²) >= 11 is 1.54. The highest BCUT2D eigenvalue weighted by molar-refractivity contribution is 7.98. The summed E-state index contributed by atoms with van der Waals surface area (Å²) in [6, 6.07) is -1.26. The third-order valence-corrected chi connectivity index (χ3v) is 3.30. The third kappa shape index (κ3) is 4.43. The standard InChI is InChI=1S/C10H18N2O4S/c1-17-5-3-8(9(14)15)11-10(16)12-4-2-7(13)6-12/h7-8,13H,2-6H2,1H3,(H,11,16)(H,14,15)/t7?,8-/m0/s1. The molecule has 0 radical (unpaired) electrons. The zero-order chi connectivity index (χ0) is 12.8. The second-order valence-electron chi connectivity index (χ2n) is 4.01. The SMILES string of the molecule is CSCC[C@H](NC(=O)N1CCC(O)C1)C(=O)O. The number of carbonyl (C=O) groups excluding carboxylic acids is 1. The van der Waals surface area contributed by atoms with Crippen LogP contribution in [0.1, 0.15) is 12.8 Å². The molecule has 0 saturated carbocycles. The van der Waals surface area contributed by atoms with E-state index in [1.165, 1.54) is 16.7 Å². The molecule has 0 aromatic heterocycles. The summed E-state index contributed by atoms with van der Waals surface area (Å²) in [5, 5.41) is 20.7. The average molecular weight is 262 g/mol. The maximum absolute atomic E-state index is 11.7. The summed E-state index contributed by atoms with van der Waals surface area (Å²) in [5.74, 6) is -0.341. The first-order chi connectivity index (χ1) is 8.04. The quantitative estimate of drug-likeness (QED) is 0.647. The van der Waals surface area contributed by atoms with E-state index in [1.54, 1.807) is 0 Å². The van der Waals surface area contributed by atoms with E-state index in [4.69, 9.17) is 5.11 Å². The van der Waals surface area contributed by atoms with Crippen LogP contribution in [0.5, 0.6) is 0 Å². The van der Waals surface area contributed by atoms with Gasteiger partial charge in [-0.3, -0.25) is 0 Å². The molecule has 2 amide bonds. The largest absolute Gasteiger partial charge is 0.480 e. The van der Waals surface area contributed by atoms with Gasteiger partial charge < -0.3 is 20.4 Å². The lowest BCUT2D eigenvalue weighted by Crippen LogP contribution is -2.47. The Morgan fingerprint density at radius 1 is 1.59 bits per heavy atom. The summed E-state index contributed by atoms with van der Waals surface area (Å²) in [5.41, 5.74) is 0. The number of carboxylic acid groups (broad SMARTS) is 1. The van der Waals surface area contributed by atoms with E-state index >= 15 is 0 Å². The van der Waals surface area contributed by atoms with Crippen LogP contribution in [0.4, 0.5) is 4.79 Å². The van der Waals surface area contributed by atoms with E-state index in [-0.39, 0.29) is 6.54 Å². The van der Waals surface area contributed by atoms with Crippen LogP contribution in [-0.2, 0) is 4.79 Å². The predicted molar refractivity (Wildman–Crippen MR) is 65.2 cm³/mol. The van der Waals surface area contributed by atoms with Crippen molar-refractivity contribution >= 4 is 23.8 Å². The van der Waals surface area contributed by atoms with Crippen LogP contribution in [-0.4, -0.2) is 64.4 Å². The number of carbonyl (C=O) groups is 2. The fourth-order valence-corrected chi connectivity index (χ4v) is 2.13. The molecule has 7 heteroatoms. The van der Waals surface area contributed by atoms with Crippen LogP contribution < -0.4 is 5.32 Å². The van der Waals surface area contributed by atoms with Gasteiger partial charge in [-0.25, -0.2) is 9.59 Å². The fraction of sp³-hybridized carbons (Fsp3) is 0.800. The second-order valence-corrected chi connectivity index (χ2v) is 5.00. The van der Waals surface area contributed by atoms with Gasteiger partial charge in [0.05, 0.1) is 6.10 Å². The van der Waals surface area contributed by atoms with Gasteiger partial charge in [0, 0.05) is 13.1 Å². The van der Waals surface area contributed by atoms with Crippen molar-refractivity contribution in [2.75, 3.05) is 25.1 Å². The number of nitrogens with zero attached hydrogens (tertiary/aromatic N) is 1. The first-order valence-corrected chi connectivity index (χ1v) is 6.89.